The zero-order valence-electron chi connectivity index (χ0n) is 26.1. The number of rotatable bonds is 10. The van der Waals surface area contributed by atoms with Gasteiger partial charge in [-0.15, -0.1) is 0 Å². The van der Waals surface area contributed by atoms with Crippen molar-refractivity contribution in [3.05, 3.63) is 65.7 Å². The molecule has 6 rings (SSSR count). The molecule has 4 heterocycles. The van der Waals surface area contributed by atoms with Crippen molar-refractivity contribution in [2.45, 2.75) is 39.0 Å². The Kier molecular flexibility index (Phi) is 9.40. The zero-order chi connectivity index (χ0) is 30.5. The predicted molar refractivity (Wildman–Crippen MR) is 173 cm³/mol. The third-order valence-corrected chi connectivity index (χ3v) is 8.18. The Morgan fingerprint density at radius 2 is 1.64 bits per heavy atom. The van der Waals surface area contributed by atoms with Gasteiger partial charge in [0.1, 0.15) is 17.3 Å². The molecule has 2 aromatic carbocycles. The highest BCUT2D eigenvalue weighted by molar-refractivity contribution is 5.90. The van der Waals surface area contributed by atoms with Crippen LogP contribution in [0.15, 0.2) is 54.6 Å². The summed E-state index contributed by atoms with van der Waals surface area (Å²) in [5, 5.41) is 4.52. The molecule has 0 bridgehead atoms. The van der Waals surface area contributed by atoms with Gasteiger partial charge in [0.25, 0.3) is 0 Å². The molecule has 2 aliphatic rings. The number of nitrogens with one attached hydrogen (secondary N) is 1. The molecule has 0 spiro atoms. The second-order valence-corrected chi connectivity index (χ2v) is 11.5. The van der Waals surface area contributed by atoms with Crippen LogP contribution in [-0.4, -0.2) is 87.3 Å². The summed E-state index contributed by atoms with van der Waals surface area (Å²) in [7, 11) is 3.40. The van der Waals surface area contributed by atoms with Gasteiger partial charge in [-0.05, 0) is 74.8 Å². The number of fused-ring (bicyclic) bond motifs is 1. The van der Waals surface area contributed by atoms with Gasteiger partial charge in [-0.1, -0.05) is 12.1 Å². The molecule has 0 radical (unpaired) electrons. The first-order valence-corrected chi connectivity index (χ1v) is 15.4. The molecule has 2 aromatic heterocycles. The van der Waals surface area contributed by atoms with E-state index < -0.39 is 0 Å². The Morgan fingerprint density at radius 1 is 0.864 bits per heavy atom. The summed E-state index contributed by atoms with van der Waals surface area (Å²) in [4.78, 5) is 19.7. The van der Waals surface area contributed by atoms with Crippen LogP contribution in [0.5, 0.6) is 11.5 Å². The number of morpholine rings is 2. The van der Waals surface area contributed by atoms with Gasteiger partial charge >= 0.3 is 0 Å². The van der Waals surface area contributed by atoms with Gasteiger partial charge in [0.05, 0.1) is 50.7 Å². The van der Waals surface area contributed by atoms with Gasteiger partial charge in [0, 0.05) is 43.9 Å². The quantitative estimate of drug-likeness (QED) is 0.263. The number of pyridine rings is 1. The van der Waals surface area contributed by atoms with Crippen LogP contribution < -0.4 is 24.6 Å². The number of nitrogens with zero attached hydrogens (tertiary/aromatic N) is 5. The summed E-state index contributed by atoms with van der Waals surface area (Å²) in [6.07, 6.45) is 1.13. The second kappa shape index (κ2) is 13.8. The van der Waals surface area contributed by atoms with E-state index in [4.69, 9.17) is 33.9 Å². The largest absolute Gasteiger partial charge is 0.497 e. The van der Waals surface area contributed by atoms with E-state index in [0.717, 1.165) is 78.7 Å². The summed E-state index contributed by atoms with van der Waals surface area (Å²) in [5.41, 5.74) is 4.91. The maximum Gasteiger partial charge on any atom is 0.229 e. The van der Waals surface area contributed by atoms with Crippen LogP contribution in [-0.2, 0) is 22.4 Å². The number of anilines is 2. The van der Waals surface area contributed by atoms with E-state index in [-0.39, 0.29) is 12.2 Å². The molecule has 2 fully saturated rings. The third kappa shape index (κ3) is 6.88. The monoisotopic (exact) mass is 598 g/mol. The van der Waals surface area contributed by atoms with Crippen LogP contribution in [0, 0.1) is 0 Å². The summed E-state index contributed by atoms with van der Waals surface area (Å²) in [5.74, 6) is 3.33. The van der Waals surface area contributed by atoms with Crippen molar-refractivity contribution in [2.75, 3.05) is 70.0 Å². The summed E-state index contributed by atoms with van der Waals surface area (Å²) >= 11 is 0. The van der Waals surface area contributed by atoms with Crippen molar-refractivity contribution in [3.63, 3.8) is 0 Å². The molecule has 1 N–H and O–H groups in total. The molecule has 2 unspecified atom stereocenters. The minimum absolute atomic E-state index is 0.103. The number of methoxy groups -OCH3 is 2. The molecule has 10 heteroatoms. The van der Waals surface area contributed by atoms with Crippen molar-refractivity contribution in [1.29, 1.82) is 0 Å². The number of hydrogen-bond acceptors (Lipinski definition) is 10. The maximum atomic E-state index is 5.99. The van der Waals surface area contributed by atoms with Crippen LogP contribution in [0.1, 0.15) is 25.0 Å². The Hall–Kier alpha value is -3.99. The standard InChI is InChI=1S/C34H42N6O4/c1-23-21-40(22-24(2)44-23)34-37-32-29(33(38-34)39-15-17-43-18-16-39)10-11-30(36-32)26-7-12-31(42-4)27(19-26)20-35-14-13-25-5-8-28(41-3)9-6-25/h5-12,19,23-24,35H,13-18,20-22H2,1-4H3. The maximum absolute atomic E-state index is 5.99. The smallest absolute Gasteiger partial charge is 0.229 e. The van der Waals surface area contributed by atoms with E-state index in [1.54, 1.807) is 14.2 Å². The lowest BCUT2D eigenvalue weighted by Gasteiger charge is -2.36. The molecule has 2 saturated heterocycles. The first-order chi connectivity index (χ1) is 21.5. The molecule has 44 heavy (non-hydrogen) atoms. The van der Waals surface area contributed by atoms with E-state index in [2.05, 4.69) is 65.4 Å². The highest BCUT2D eigenvalue weighted by Crippen LogP contribution is 2.31. The van der Waals surface area contributed by atoms with Crippen molar-refractivity contribution in [1.82, 2.24) is 20.3 Å². The number of ether oxygens (including phenoxy) is 4. The van der Waals surface area contributed by atoms with Crippen molar-refractivity contribution in [2.24, 2.45) is 0 Å². The summed E-state index contributed by atoms with van der Waals surface area (Å²) in [6.45, 7) is 10.1. The predicted octanol–water partition coefficient (Wildman–Crippen LogP) is 4.49. The Balaban J connectivity index is 1.26. The molecular formula is C34H42N6O4. The Labute approximate surface area is 259 Å². The average molecular weight is 599 g/mol. The molecule has 2 aliphatic heterocycles. The lowest BCUT2D eigenvalue weighted by molar-refractivity contribution is -0.00570. The van der Waals surface area contributed by atoms with Gasteiger partial charge in [-0.25, -0.2) is 4.98 Å². The minimum atomic E-state index is 0.103. The van der Waals surface area contributed by atoms with Gasteiger partial charge in [-0.2, -0.15) is 9.97 Å². The van der Waals surface area contributed by atoms with Crippen LogP contribution in [0.25, 0.3) is 22.3 Å². The minimum Gasteiger partial charge on any atom is -0.497 e. The zero-order valence-corrected chi connectivity index (χ0v) is 26.1. The average Bonchev–Trinajstić information content (AvgIpc) is 3.06. The van der Waals surface area contributed by atoms with Crippen molar-refractivity contribution < 1.29 is 18.9 Å². The fraction of sp³-hybridized carbons (Fsp3) is 0.441. The lowest BCUT2D eigenvalue weighted by Crippen LogP contribution is -2.46. The highest BCUT2D eigenvalue weighted by Gasteiger charge is 2.27. The van der Waals surface area contributed by atoms with Crippen LogP contribution >= 0.6 is 0 Å². The second-order valence-electron chi connectivity index (χ2n) is 11.5. The Bertz CT molecular complexity index is 1550. The van der Waals surface area contributed by atoms with Crippen molar-refractivity contribution >= 4 is 22.8 Å². The highest BCUT2D eigenvalue weighted by atomic mass is 16.5. The molecule has 10 nitrogen and oxygen atoms in total. The van der Waals surface area contributed by atoms with Gasteiger partial charge in [-0.3, -0.25) is 0 Å². The number of hydrogen-bond donors (Lipinski definition) is 1. The van der Waals surface area contributed by atoms with Crippen LogP contribution in [0.2, 0.25) is 0 Å². The van der Waals surface area contributed by atoms with Gasteiger partial charge < -0.3 is 34.1 Å². The molecule has 2 atom stereocenters. The van der Waals surface area contributed by atoms with Crippen molar-refractivity contribution in [3.8, 4) is 22.8 Å². The molecule has 0 aliphatic carbocycles. The number of aromatic nitrogens is 3. The van der Waals surface area contributed by atoms with E-state index >= 15 is 0 Å². The fourth-order valence-corrected chi connectivity index (χ4v) is 5.97. The van der Waals surface area contributed by atoms with E-state index in [9.17, 15) is 0 Å². The molecular weight excluding hydrogens is 556 g/mol. The van der Waals surface area contributed by atoms with E-state index in [0.29, 0.717) is 31.4 Å². The molecule has 4 aromatic rings. The van der Waals surface area contributed by atoms with E-state index in [1.165, 1.54) is 5.56 Å². The van der Waals surface area contributed by atoms with Crippen LogP contribution in [0.3, 0.4) is 0 Å². The fourth-order valence-electron chi connectivity index (χ4n) is 5.97. The summed E-state index contributed by atoms with van der Waals surface area (Å²) < 4.78 is 22.6. The molecule has 232 valence electrons. The van der Waals surface area contributed by atoms with E-state index in [1.807, 2.05) is 18.2 Å². The summed E-state index contributed by atoms with van der Waals surface area (Å²) in [6, 6.07) is 18.6. The Morgan fingerprint density at radius 3 is 2.36 bits per heavy atom. The molecule has 0 saturated carbocycles. The number of benzene rings is 2. The SMILES string of the molecule is COc1ccc(CCNCc2cc(-c3ccc4c(N5CCOCC5)nc(N5CC(C)OC(C)C5)nc4n3)ccc2OC)cc1. The van der Waals surface area contributed by atoms with Gasteiger partial charge in [0.15, 0.2) is 5.65 Å². The van der Waals surface area contributed by atoms with Crippen LogP contribution in [0.4, 0.5) is 11.8 Å². The topological polar surface area (TPSA) is 94.1 Å². The molecule has 0 amide bonds. The third-order valence-electron chi connectivity index (χ3n) is 8.18. The normalized spacial score (nSPS) is 18.9. The first kappa shape index (κ1) is 30.1. The lowest BCUT2D eigenvalue weighted by atomic mass is 10.1. The first-order valence-electron chi connectivity index (χ1n) is 15.4. The van der Waals surface area contributed by atoms with Gasteiger partial charge in [0.2, 0.25) is 5.95 Å².